The Morgan fingerprint density at radius 1 is 1.28 bits per heavy atom. The molecule has 1 unspecified atom stereocenters. The number of likely N-dealkylation sites (tertiary alicyclic amines) is 1. The number of rotatable bonds is 6. The maximum absolute atomic E-state index is 12.5. The molecule has 0 bridgehead atoms. The summed E-state index contributed by atoms with van der Waals surface area (Å²) in [5.41, 5.74) is 0.941. The molecule has 8 heteroatoms. The van der Waals surface area contributed by atoms with Crippen LogP contribution in [0.1, 0.15) is 24.3 Å². The molecule has 1 saturated heterocycles. The zero-order valence-corrected chi connectivity index (χ0v) is 15.9. The standard InChI is InChI=1S/C21H22N6O2/c28-21(6-5-18-4-2-10-29-18)27-9-1-3-16(14-27)11-17-12-19(25-15-24-17)26-20-13-22-7-8-23-20/h2,4-8,10,12-13,15-16H,1,3,9,11,14H2,(H,23,24,25,26). The SMILES string of the molecule is O=C(C=Cc1ccco1)N1CCCC(Cc2cc(Nc3cnccn3)ncn2)C1. The summed E-state index contributed by atoms with van der Waals surface area (Å²) in [7, 11) is 0. The average molecular weight is 390 g/mol. The Bertz CT molecular complexity index is 958. The van der Waals surface area contributed by atoms with Gasteiger partial charge in [0.15, 0.2) is 0 Å². The second kappa shape index (κ2) is 9.09. The van der Waals surface area contributed by atoms with Crippen LogP contribution in [0, 0.1) is 5.92 Å². The fourth-order valence-corrected chi connectivity index (χ4v) is 3.44. The number of amides is 1. The molecule has 0 aromatic carbocycles. The van der Waals surface area contributed by atoms with E-state index in [0.717, 1.165) is 38.0 Å². The van der Waals surface area contributed by atoms with Crippen molar-refractivity contribution in [1.82, 2.24) is 24.8 Å². The Labute approximate surface area is 168 Å². The van der Waals surface area contributed by atoms with Crippen LogP contribution in [-0.2, 0) is 11.2 Å². The zero-order valence-electron chi connectivity index (χ0n) is 15.9. The first-order valence-electron chi connectivity index (χ1n) is 9.61. The van der Waals surface area contributed by atoms with E-state index in [9.17, 15) is 4.79 Å². The Morgan fingerprint density at radius 3 is 3.07 bits per heavy atom. The summed E-state index contributed by atoms with van der Waals surface area (Å²) in [5.74, 6) is 2.37. The van der Waals surface area contributed by atoms with Crippen LogP contribution in [0.25, 0.3) is 6.08 Å². The van der Waals surface area contributed by atoms with Gasteiger partial charge in [-0.2, -0.15) is 0 Å². The minimum absolute atomic E-state index is 0.0128. The molecule has 1 atom stereocenters. The fourth-order valence-electron chi connectivity index (χ4n) is 3.44. The van der Waals surface area contributed by atoms with Crippen molar-refractivity contribution in [3.05, 3.63) is 66.9 Å². The van der Waals surface area contributed by atoms with Crippen LogP contribution in [0.15, 0.2) is 59.9 Å². The van der Waals surface area contributed by atoms with Crippen molar-refractivity contribution in [1.29, 1.82) is 0 Å². The summed E-state index contributed by atoms with van der Waals surface area (Å²) in [5, 5.41) is 3.13. The van der Waals surface area contributed by atoms with Gasteiger partial charge in [-0.15, -0.1) is 0 Å². The van der Waals surface area contributed by atoms with Gasteiger partial charge in [0.2, 0.25) is 5.91 Å². The second-order valence-electron chi connectivity index (χ2n) is 6.96. The van der Waals surface area contributed by atoms with Crippen molar-refractivity contribution >= 4 is 23.6 Å². The molecule has 1 aliphatic heterocycles. The van der Waals surface area contributed by atoms with E-state index in [1.54, 1.807) is 49.4 Å². The van der Waals surface area contributed by atoms with Crippen LogP contribution in [0.3, 0.4) is 0 Å². The van der Waals surface area contributed by atoms with Crippen LogP contribution in [-0.4, -0.2) is 43.8 Å². The summed E-state index contributed by atoms with van der Waals surface area (Å²) in [4.78, 5) is 31.3. The Balaban J connectivity index is 1.35. The number of hydrogen-bond donors (Lipinski definition) is 1. The predicted molar refractivity (Wildman–Crippen MR) is 108 cm³/mol. The molecule has 4 heterocycles. The molecule has 1 amide bonds. The van der Waals surface area contributed by atoms with Gasteiger partial charge < -0.3 is 14.6 Å². The minimum atomic E-state index is 0.0128. The van der Waals surface area contributed by atoms with E-state index in [2.05, 4.69) is 25.3 Å². The molecular weight excluding hydrogens is 368 g/mol. The molecule has 148 valence electrons. The summed E-state index contributed by atoms with van der Waals surface area (Å²) in [6, 6.07) is 5.55. The van der Waals surface area contributed by atoms with Crippen molar-refractivity contribution in [2.75, 3.05) is 18.4 Å². The molecule has 29 heavy (non-hydrogen) atoms. The maximum Gasteiger partial charge on any atom is 0.246 e. The molecule has 3 aromatic rings. The number of nitrogens with zero attached hydrogens (tertiary/aromatic N) is 5. The number of carbonyl (C=O) groups is 1. The molecule has 3 aromatic heterocycles. The second-order valence-corrected chi connectivity index (χ2v) is 6.96. The number of hydrogen-bond acceptors (Lipinski definition) is 7. The van der Waals surface area contributed by atoms with Gasteiger partial charge in [-0.1, -0.05) is 0 Å². The zero-order chi connectivity index (χ0) is 19.9. The highest BCUT2D eigenvalue weighted by atomic mass is 16.3. The van der Waals surface area contributed by atoms with Gasteiger partial charge in [0.1, 0.15) is 23.7 Å². The van der Waals surface area contributed by atoms with E-state index in [0.29, 0.717) is 23.3 Å². The Morgan fingerprint density at radius 2 is 2.24 bits per heavy atom. The van der Waals surface area contributed by atoms with Crippen molar-refractivity contribution < 1.29 is 9.21 Å². The smallest absolute Gasteiger partial charge is 0.246 e. The van der Waals surface area contributed by atoms with E-state index < -0.39 is 0 Å². The van der Waals surface area contributed by atoms with Crippen LogP contribution in [0.4, 0.5) is 11.6 Å². The third-order valence-corrected chi connectivity index (χ3v) is 4.80. The molecule has 0 radical (unpaired) electrons. The lowest BCUT2D eigenvalue weighted by atomic mass is 9.93. The van der Waals surface area contributed by atoms with Crippen LogP contribution in [0.5, 0.6) is 0 Å². The Kier molecular flexibility index (Phi) is 5.89. The predicted octanol–water partition coefficient (Wildman–Crippen LogP) is 3.10. The number of carbonyl (C=O) groups excluding carboxylic acids is 1. The van der Waals surface area contributed by atoms with Gasteiger partial charge in [0, 0.05) is 43.3 Å². The quantitative estimate of drug-likeness (QED) is 0.646. The van der Waals surface area contributed by atoms with Crippen molar-refractivity contribution in [3.8, 4) is 0 Å². The van der Waals surface area contributed by atoms with Crippen molar-refractivity contribution in [2.45, 2.75) is 19.3 Å². The number of furan rings is 1. The molecule has 8 nitrogen and oxygen atoms in total. The molecule has 0 aliphatic carbocycles. The molecule has 1 fully saturated rings. The highest BCUT2D eigenvalue weighted by molar-refractivity contribution is 5.91. The van der Waals surface area contributed by atoms with Crippen LogP contribution >= 0.6 is 0 Å². The Hall–Kier alpha value is -3.55. The van der Waals surface area contributed by atoms with Gasteiger partial charge in [-0.25, -0.2) is 15.0 Å². The van der Waals surface area contributed by atoms with E-state index in [-0.39, 0.29) is 5.91 Å². The highest BCUT2D eigenvalue weighted by Gasteiger charge is 2.23. The number of piperidine rings is 1. The number of nitrogens with one attached hydrogen (secondary N) is 1. The van der Waals surface area contributed by atoms with Gasteiger partial charge >= 0.3 is 0 Å². The van der Waals surface area contributed by atoms with Gasteiger partial charge in [-0.05, 0) is 43.4 Å². The fraction of sp³-hybridized carbons (Fsp3) is 0.286. The first-order valence-corrected chi connectivity index (χ1v) is 9.61. The average Bonchev–Trinajstić information content (AvgIpc) is 3.27. The topological polar surface area (TPSA) is 97.0 Å². The highest BCUT2D eigenvalue weighted by Crippen LogP contribution is 2.22. The summed E-state index contributed by atoms with van der Waals surface area (Å²) < 4.78 is 5.24. The maximum atomic E-state index is 12.5. The van der Waals surface area contributed by atoms with E-state index in [1.165, 1.54) is 0 Å². The minimum Gasteiger partial charge on any atom is -0.465 e. The lowest BCUT2D eigenvalue weighted by Crippen LogP contribution is -2.39. The van der Waals surface area contributed by atoms with Crippen molar-refractivity contribution in [2.24, 2.45) is 5.92 Å². The first kappa shape index (κ1) is 18.8. The molecular formula is C21H22N6O2. The van der Waals surface area contributed by atoms with Crippen molar-refractivity contribution in [3.63, 3.8) is 0 Å². The first-order chi connectivity index (χ1) is 14.3. The lowest BCUT2D eigenvalue weighted by molar-refractivity contribution is -0.127. The largest absolute Gasteiger partial charge is 0.465 e. The summed E-state index contributed by atoms with van der Waals surface area (Å²) in [6.07, 6.45) is 14.2. The lowest BCUT2D eigenvalue weighted by Gasteiger charge is -2.32. The number of anilines is 2. The molecule has 0 saturated carbocycles. The summed E-state index contributed by atoms with van der Waals surface area (Å²) in [6.45, 7) is 1.50. The van der Waals surface area contributed by atoms with E-state index >= 15 is 0 Å². The van der Waals surface area contributed by atoms with E-state index in [1.807, 2.05) is 17.0 Å². The molecule has 1 aliphatic rings. The van der Waals surface area contributed by atoms with Gasteiger partial charge in [0.25, 0.3) is 0 Å². The molecule has 4 rings (SSSR count). The van der Waals surface area contributed by atoms with E-state index in [4.69, 9.17) is 4.42 Å². The normalized spacial score (nSPS) is 16.8. The monoisotopic (exact) mass is 390 g/mol. The van der Waals surface area contributed by atoms with Gasteiger partial charge in [-0.3, -0.25) is 9.78 Å². The third-order valence-electron chi connectivity index (χ3n) is 4.80. The summed E-state index contributed by atoms with van der Waals surface area (Å²) >= 11 is 0. The van der Waals surface area contributed by atoms with Crippen LogP contribution in [0.2, 0.25) is 0 Å². The molecule has 1 N–H and O–H groups in total. The van der Waals surface area contributed by atoms with Gasteiger partial charge in [0.05, 0.1) is 12.5 Å². The van der Waals surface area contributed by atoms with Crippen LogP contribution < -0.4 is 5.32 Å². The molecule has 0 spiro atoms. The third kappa shape index (κ3) is 5.25. The number of aromatic nitrogens is 4.